The summed E-state index contributed by atoms with van der Waals surface area (Å²) in [4.78, 5) is 37.7. The number of phosphoric acid groups is 1. The number of nitrogens with zero attached hydrogens (tertiary/aromatic N) is 1. The van der Waals surface area contributed by atoms with E-state index < -0.39 is 20.0 Å². The van der Waals surface area contributed by atoms with Crippen molar-refractivity contribution in [1.29, 1.82) is 0 Å². The topological polar surface area (TPSA) is 111 Å². The van der Waals surface area contributed by atoms with E-state index in [2.05, 4.69) is 50.4 Å². The zero-order valence-electron chi connectivity index (χ0n) is 49.9. The Morgan fingerprint density at radius 2 is 0.824 bits per heavy atom. The van der Waals surface area contributed by atoms with E-state index >= 15 is 0 Å². The van der Waals surface area contributed by atoms with E-state index in [-0.39, 0.29) is 25.1 Å². The van der Waals surface area contributed by atoms with Gasteiger partial charge in [-0.1, -0.05) is 269 Å². The van der Waals surface area contributed by atoms with Gasteiger partial charge in [0.2, 0.25) is 5.91 Å². The molecule has 74 heavy (non-hydrogen) atoms. The molecule has 0 aliphatic heterocycles. The van der Waals surface area contributed by atoms with Crippen LogP contribution in [0.5, 0.6) is 0 Å². The molecule has 3 unspecified atom stereocenters. The zero-order valence-corrected chi connectivity index (χ0v) is 50.7. The minimum absolute atomic E-state index is 0.0427. The first kappa shape index (κ1) is 72.2. The van der Waals surface area contributed by atoms with Gasteiger partial charge in [0, 0.05) is 12.8 Å². The van der Waals surface area contributed by atoms with Crippen LogP contribution in [-0.2, 0) is 27.9 Å². The molecular formula is C64H124N2O7P+. The fourth-order valence-corrected chi connectivity index (χ4v) is 10.1. The van der Waals surface area contributed by atoms with E-state index in [0.717, 1.165) is 64.2 Å². The van der Waals surface area contributed by atoms with Crippen molar-refractivity contribution in [3.8, 4) is 0 Å². The average molecular weight is 1060 g/mol. The third-order valence-corrected chi connectivity index (χ3v) is 15.3. The molecule has 436 valence electrons. The van der Waals surface area contributed by atoms with Gasteiger partial charge in [-0.05, 0) is 63.9 Å². The molecule has 1 amide bonds. The third kappa shape index (κ3) is 55.0. The molecule has 0 aliphatic carbocycles. The monoisotopic (exact) mass is 1060 g/mol. The van der Waals surface area contributed by atoms with Crippen LogP contribution in [0.25, 0.3) is 0 Å². The van der Waals surface area contributed by atoms with Crippen molar-refractivity contribution in [3.05, 3.63) is 36.5 Å². The third-order valence-electron chi connectivity index (χ3n) is 14.3. The van der Waals surface area contributed by atoms with Crippen molar-refractivity contribution in [2.45, 2.75) is 322 Å². The summed E-state index contributed by atoms with van der Waals surface area (Å²) in [5.41, 5.74) is 0. The lowest BCUT2D eigenvalue weighted by Crippen LogP contribution is -2.47. The van der Waals surface area contributed by atoms with Gasteiger partial charge in [-0.3, -0.25) is 18.6 Å². The number of rotatable bonds is 58. The number of ether oxygens (including phenoxy) is 1. The quantitative estimate of drug-likeness (QED) is 0.0205. The van der Waals surface area contributed by atoms with Gasteiger partial charge < -0.3 is 19.4 Å². The number of carbonyl (C=O) groups excluding carboxylic acids is 2. The van der Waals surface area contributed by atoms with Gasteiger partial charge in [0.15, 0.2) is 0 Å². The summed E-state index contributed by atoms with van der Waals surface area (Å²) in [6.07, 6.45) is 65.7. The van der Waals surface area contributed by atoms with Crippen LogP contribution in [0.4, 0.5) is 0 Å². The Labute approximate surface area is 459 Å². The van der Waals surface area contributed by atoms with E-state index in [1.54, 1.807) is 0 Å². The van der Waals surface area contributed by atoms with Crippen LogP contribution in [-0.4, -0.2) is 74.3 Å². The molecule has 10 heteroatoms. The molecule has 0 spiro atoms. The van der Waals surface area contributed by atoms with Crippen molar-refractivity contribution < 1.29 is 37.3 Å². The number of likely N-dealkylation sites (N-methyl/N-ethyl adjacent to an activating group) is 1. The molecule has 9 nitrogen and oxygen atoms in total. The number of allylic oxidation sites excluding steroid dienone is 5. The van der Waals surface area contributed by atoms with Crippen molar-refractivity contribution in [1.82, 2.24) is 5.32 Å². The van der Waals surface area contributed by atoms with Crippen molar-refractivity contribution in [3.63, 3.8) is 0 Å². The highest BCUT2D eigenvalue weighted by atomic mass is 31.2. The Bertz CT molecular complexity index is 1360. The maximum absolute atomic E-state index is 13.5. The molecule has 0 saturated carbocycles. The molecule has 0 radical (unpaired) electrons. The van der Waals surface area contributed by atoms with Gasteiger partial charge in [0.25, 0.3) is 0 Å². The molecule has 0 rings (SSSR count). The molecule has 0 aromatic heterocycles. The Morgan fingerprint density at radius 1 is 0.473 bits per heavy atom. The SMILES string of the molecule is CCCCC/C=C\C/C=C\CCCCCCCCCCCCCCCC(=O)NC(COP(=O)(O)OCC[N+](C)(C)C)C(/C=C\CCCCCCCCCCC)OC(=O)CCCCCCCCCCCCCCCC. The molecular weight excluding hydrogens is 940 g/mol. The molecule has 0 bridgehead atoms. The summed E-state index contributed by atoms with van der Waals surface area (Å²) in [5.74, 6) is -0.492. The van der Waals surface area contributed by atoms with Crippen LogP contribution in [0, 0.1) is 0 Å². The predicted molar refractivity (Wildman–Crippen MR) is 319 cm³/mol. The van der Waals surface area contributed by atoms with Crippen molar-refractivity contribution in [2.75, 3.05) is 40.9 Å². The van der Waals surface area contributed by atoms with Crippen LogP contribution in [0.1, 0.15) is 310 Å². The van der Waals surface area contributed by atoms with Gasteiger partial charge in [-0.25, -0.2) is 4.57 Å². The minimum Gasteiger partial charge on any atom is -0.456 e. The smallest absolute Gasteiger partial charge is 0.456 e. The van der Waals surface area contributed by atoms with Gasteiger partial charge in [0.05, 0.1) is 33.8 Å². The number of esters is 1. The summed E-state index contributed by atoms with van der Waals surface area (Å²) in [6.45, 7) is 7.02. The van der Waals surface area contributed by atoms with E-state index in [1.165, 1.54) is 212 Å². The zero-order chi connectivity index (χ0) is 54.3. The Hall–Kier alpha value is -1.77. The highest BCUT2D eigenvalue weighted by molar-refractivity contribution is 7.47. The number of nitrogens with one attached hydrogen (secondary N) is 1. The van der Waals surface area contributed by atoms with Crippen LogP contribution in [0.2, 0.25) is 0 Å². The summed E-state index contributed by atoms with van der Waals surface area (Å²) in [6, 6.07) is -0.843. The van der Waals surface area contributed by atoms with E-state index in [1.807, 2.05) is 33.3 Å². The second kappa shape index (κ2) is 54.6. The number of hydrogen-bond donors (Lipinski definition) is 2. The maximum Gasteiger partial charge on any atom is 0.472 e. The van der Waals surface area contributed by atoms with E-state index in [0.29, 0.717) is 23.9 Å². The predicted octanol–water partition coefficient (Wildman–Crippen LogP) is 19.5. The maximum atomic E-state index is 13.5. The van der Waals surface area contributed by atoms with Crippen molar-refractivity contribution >= 4 is 19.7 Å². The highest BCUT2D eigenvalue weighted by Gasteiger charge is 2.30. The molecule has 0 fully saturated rings. The first-order chi connectivity index (χ1) is 35.9. The first-order valence-corrected chi connectivity index (χ1v) is 33.3. The number of carbonyl (C=O) groups is 2. The standard InChI is InChI=1S/C64H123N2O7P/c1-7-10-13-16-19-22-25-27-29-30-31-32-33-34-35-36-37-38-41-44-47-50-53-56-63(67)65-61(60-72-74(69,70)71-59-58-66(4,5)6)62(55-52-49-46-43-40-24-21-18-15-12-9-3)73-64(68)57-54-51-48-45-42-39-28-26-23-20-17-14-11-8-2/h19,22,27,29,52,55,61-62H,7-18,20-21,23-26,28,30-51,53-54,56-60H2,1-6H3,(H-,65,67,69,70)/p+1/b22-19-,29-27-,55-52-. The highest BCUT2D eigenvalue weighted by Crippen LogP contribution is 2.43. The summed E-state index contributed by atoms with van der Waals surface area (Å²) < 4.78 is 30.7. The second-order valence-electron chi connectivity index (χ2n) is 22.9. The van der Waals surface area contributed by atoms with Crippen LogP contribution in [0.3, 0.4) is 0 Å². The molecule has 0 saturated heterocycles. The van der Waals surface area contributed by atoms with Crippen LogP contribution in [0.15, 0.2) is 36.5 Å². The lowest BCUT2D eigenvalue weighted by Gasteiger charge is -2.27. The van der Waals surface area contributed by atoms with Gasteiger partial charge in [-0.2, -0.15) is 0 Å². The number of phosphoric ester groups is 1. The number of amides is 1. The minimum atomic E-state index is -4.44. The Kier molecular flexibility index (Phi) is 53.3. The Morgan fingerprint density at radius 3 is 1.24 bits per heavy atom. The largest absolute Gasteiger partial charge is 0.472 e. The molecule has 0 aromatic rings. The molecule has 0 aliphatic rings. The number of unbranched alkanes of at least 4 members (excludes halogenated alkanes) is 38. The number of quaternary nitrogens is 1. The van der Waals surface area contributed by atoms with Crippen LogP contribution < -0.4 is 5.32 Å². The normalized spacial score (nSPS) is 13.9. The summed E-state index contributed by atoms with van der Waals surface area (Å²) in [5, 5.41) is 3.06. The average Bonchev–Trinajstić information content (AvgIpc) is 3.36. The van der Waals surface area contributed by atoms with Crippen LogP contribution >= 0.6 is 7.82 Å². The van der Waals surface area contributed by atoms with E-state index in [4.69, 9.17) is 13.8 Å². The Balaban J connectivity index is 5.09. The molecule has 2 N–H and O–H groups in total. The van der Waals surface area contributed by atoms with Gasteiger partial charge in [0.1, 0.15) is 19.3 Å². The summed E-state index contributed by atoms with van der Waals surface area (Å²) >= 11 is 0. The fraction of sp³-hybridized carbons (Fsp3) is 0.875. The van der Waals surface area contributed by atoms with E-state index in [9.17, 15) is 19.0 Å². The molecule has 3 atom stereocenters. The summed E-state index contributed by atoms with van der Waals surface area (Å²) in [7, 11) is 1.51. The second-order valence-corrected chi connectivity index (χ2v) is 24.4. The van der Waals surface area contributed by atoms with Gasteiger partial charge in [-0.15, -0.1) is 0 Å². The lowest BCUT2D eigenvalue weighted by molar-refractivity contribution is -0.870. The van der Waals surface area contributed by atoms with Gasteiger partial charge >= 0.3 is 13.8 Å². The first-order valence-electron chi connectivity index (χ1n) is 31.8. The number of hydrogen-bond acceptors (Lipinski definition) is 6. The molecule has 0 aromatic carbocycles. The van der Waals surface area contributed by atoms with Crippen molar-refractivity contribution in [2.24, 2.45) is 0 Å². The fourth-order valence-electron chi connectivity index (χ4n) is 9.38. The molecule has 0 heterocycles. The lowest BCUT2D eigenvalue weighted by atomic mass is 10.0.